The lowest BCUT2D eigenvalue weighted by atomic mass is 9.83. The first kappa shape index (κ1) is 20.8. The molecule has 5 heteroatoms. The van der Waals surface area contributed by atoms with Gasteiger partial charge in [0, 0.05) is 24.0 Å². The second-order valence-corrected chi connectivity index (χ2v) is 7.79. The van der Waals surface area contributed by atoms with Crippen LogP contribution in [0.2, 0.25) is 5.02 Å². The molecule has 140 valence electrons. The van der Waals surface area contributed by atoms with E-state index in [4.69, 9.17) is 17.3 Å². The lowest BCUT2D eigenvalue weighted by Crippen LogP contribution is -2.42. The maximum atomic E-state index is 13.2. The minimum absolute atomic E-state index is 0. The second kappa shape index (κ2) is 8.43. The summed E-state index contributed by atoms with van der Waals surface area (Å²) in [5.41, 5.74) is 7.66. The van der Waals surface area contributed by atoms with Crippen LogP contribution >= 0.6 is 24.0 Å². The highest BCUT2D eigenvalue weighted by molar-refractivity contribution is 6.30. The third-order valence-corrected chi connectivity index (χ3v) is 5.61. The number of hydrogen-bond acceptors (Lipinski definition) is 2. The number of nitrogens with two attached hydrogens (primary N) is 1. The van der Waals surface area contributed by atoms with Crippen LogP contribution in [-0.4, -0.2) is 30.4 Å². The van der Waals surface area contributed by atoms with Crippen molar-refractivity contribution in [1.29, 1.82) is 0 Å². The van der Waals surface area contributed by atoms with Gasteiger partial charge in [-0.1, -0.05) is 54.1 Å². The molecule has 1 aliphatic rings. The summed E-state index contributed by atoms with van der Waals surface area (Å²) in [6.45, 7) is 5.98. The lowest BCUT2D eigenvalue weighted by molar-refractivity contribution is -0.135. The zero-order chi connectivity index (χ0) is 18.0. The van der Waals surface area contributed by atoms with Crippen LogP contribution in [0, 0.1) is 5.92 Å². The Labute approximate surface area is 166 Å². The van der Waals surface area contributed by atoms with E-state index in [1.54, 1.807) is 0 Å². The Morgan fingerprint density at radius 3 is 2.31 bits per heavy atom. The van der Waals surface area contributed by atoms with E-state index >= 15 is 0 Å². The Bertz CT molecular complexity index is 731. The van der Waals surface area contributed by atoms with Crippen molar-refractivity contribution in [2.75, 3.05) is 19.6 Å². The number of rotatable bonds is 4. The van der Waals surface area contributed by atoms with Crippen molar-refractivity contribution in [3.63, 3.8) is 0 Å². The maximum Gasteiger partial charge on any atom is 0.232 e. The molecular weight excluding hydrogens is 367 g/mol. The summed E-state index contributed by atoms with van der Waals surface area (Å²) < 4.78 is 0. The smallest absolute Gasteiger partial charge is 0.232 e. The molecule has 0 aliphatic carbocycles. The minimum Gasteiger partial charge on any atom is -0.341 e. The van der Waals surface area contributed by atoms with Gasteiger partial charge in [-0.2, -0.15) is 0 Å². The average molecular weight is 393 g/mol. The summed E-state index contributed by atoms with van der Waals surface area (Å²) in [7, 11) is 0. The topological polar surface area (TPSA) is 46.3 Å². The molecule has 0 unspecified atom stereocenters. The predicted octanol–water partition coefficient (Wildman–Crippen LogP) is 4.24. The van der Waals surface area contributed by atoms with Gasteiger partial charge in [-0.05, 0) is 49.6 Å². The number of nitrogens with zero attached hydrogens (tertiary/aromatic N) is 1. The highest BCUT2D eigenvalue weighted by Gasteiger charge is 2.41. The minimum atomic E-state index is -0.588. The van der Waals surface area contributed by atoms with Gasteiger partial charge < -0.3 is 10.6 Å². The van der Waals surface area contributed by atoms with Gasteiger partial charge in [0.05, 0.1) is 5.41 Å². The van der Waals surface area contributed by atoms with Crippen molar-refractivity contribution >= 4 is 29.9 Å². The van der Waals surface area contributed by atoms with E-state index in [2.05, 4.69) is 12.1 Å². The normalized spacial score (nSPS) is 19.9. The maximum absolute atomic E-state index is 13.2. The molecule has 3 nitrogen and oxygen atoms in total. The monoisotopic (exact) mass is 392 g/mol. The van der Waals surface area contributed by atoms with E-state index in [0.29, 0.717) is 29.9 Å². The quantitative estimate of drug-likeness (QED) is 0.845. The highest BCUT2D eigenvalue weighted by Crippen LogP contribution is 2.35. The molecular formula is C21H26Cl2N2O. The standard InChI is InChI=1S/C21H25ClN2O.ClH/c1-21(2,17-8-10-18(22)11-9-17)20(25)24-13-16(12-23)19(14-24)15-6-4-3-5-7-15;/h3-11,16,19H,12-14,23H2,1-2H3;1H/t16-,19+;/m1./s1. The van der Waals surface area contributed by atoms with Crippen LogP contribution in [0.5, 0.6) is 0 Å². The number of carbonyl (C=O) groups excluding carboxylic acids is 1. The highest BCUT2D eigenvalue weighted by atomic mass is 35.5. The third-order valence-electron chi connectivity index (χ3n) is 5.36. The van der Waals surface area contributed by atoms with Crippen LogP contribution in [0.25, 0.3) is 0 Å². The Hall–Kier alpha value is -1.55. The van der Waals surface area contributed by atoms with Gasteiger partial charge in [0.1, 0.15) is 0 Å². The Balaban J connectivity index is 0.00000243. The molecule has 2 aromatic carbocycles. The van der Waals surface area contributed by atoms with Crippen LogP contribution in [0.3, 0.4) is 0 Å². The fourth-order valence-corrected chi connectivity index (χ4v) is 3.87. The summed E-state index contributed by atoms with van der Waals surface area (Å²) in [4.78, 5) is 15.2. The molecule has 1 heterocycles. The summed E-state index contributed by atoms with van der Waals surface area (Å²) in [6.07, 6.45) is 0. The fraction of sp³-hybridized carbons (Fsp3) is 0.381. The Morgan fingerprint density at radius 1 is 1.12 bits per heavy atom. The number of carbonyl (C=O) groups is 1. The number of halogens is 2. The molecule has 0 bridgehead atoms. The first-order valence-corrected chi connectivity index (χ1v) is 9.11. The third kappa shape index (κ3) is 4.06. The molecule has 3 rings (SSSR count). The predicted molar refractivity (Wildman–Crippen MR) is 110 cm³/mol. The second-order valence-electron chi connectivity index (χ2n) is 7.35. The van der Waals surface area contributed by atoms with Crippen molar-refractivity contribution in [1.82, 2.24) is 4.90 Å². The van der Waals surface area contributed by atoms with E-state index in [1.165, 1.54) is 5.56 Å². The molecule has 1 aliphatic heterocycles. The van der Waals surface area contributed by atoms with Gasteiger partial charge in [0.25, 0.3) is 0 Å². The van der Waals surface area contributed by atoms with E-state index in [0.717, 1.165) is 12.1 Å². The molecule has 0 radical (unpaired) electrons. The van der Waals surface area contributed by atoms with Crippen LogP contribution in [0.4, 0.5) is 0 Å². The van der Waals surface area contributed by atoms with Crippen molar-refractivity contribution in [2.45, 2.75) is 25.2 Å². The van der Waals surface area contributed by atoms with E-state index in [-0.39, 0.29) is 18.3 Å². The van der Waals surface area contributed by atoms with Gasteiger partial charge in [0.15, 0.2) is 0 Å². The molecule has 2 aromatic rings. The molecule has 0 spiro atoms. The zero-order valence-electron chi connectivity index (χ0n) is 15.2. The Kier molecular flexibility index (Phi) is 6.73. The molecule has 1 amide bonds. The van der Waals surface area contributed by atoms with Gasteiger partial charge >= 0.3 is 0 Å². The summed E-state index contributed by atoms with van der Waals surface area (Å²) >= 11 is 5.98. The van der Waals surface area contributed by atoms with Crippen molar-refractivity contribution in [3.05, 3.63) is 70.7 Å². The molecule has 26 heavy (non-hydrogen) atoms. The van der Waals surface area contributed by atoms with E-state index < -0.39 is 5.41 Å². The number of likely N-dealkylation sites (tertiary alicyclic amines) is 1. The molecule has 0 aromatic heterocycles. The fourth-order valence-electron chi connectivity index (χ4n) is 3.74. The van der Waals surface area contributed by atoms with Crippen molar-refractivity contribution in [2.24, 2.45) is 11.7 Å². The van der Waals surface area contributed by atoms with Gasteiger partial charge in [0.2, 0.25) is 5.91 Å². The van der Waals surface area contributed by atoms with Gasteiger partial charge in [-0.15, -0.1) is 12.4 Å². The molecule has 2 atom stereocenters. The SMILES string of the molecule is CC(C)(C(=O)N1C[C@@H](CN)[C@H](c2ccccc2)C1)c1ccc(Cl)cc1.Cl. The first-order valence-electron chi connectivity index (χ1n) is 8.74. The average Bonchev–Trinajstić information content (AvgIpc) is 3.06. The zero-order valence-corrected chi connectivity index (χ0v) is 16.8. The van der Waals surface area contributed by atoms with Crippen LogP contribution in [0.1, 0.15) is 30.9 Å². The van der Waals surface area contributed by atoms with Crippen molar-refractivity contribution in [3.8, 4) is 0 Å². The largest absolute Gasteiger partial charge is 0.341 e. The molecule has 0 saturated carbocycles. The first-order chi connectivity index (χ1) is 11.9. The van der Waals surface area contributed by atoms with Crippen LogP contribution in [-0.2, 0) is 10.2 Å². The van der Waals surface area contributed by atoms with Crippen molar-refractivity contribution < 1.29 is 4.79 Å². The molecule has 1 fully saturated rings. The number of amides is 1. The van der Waals surface area contributed by atoms with Gasteiger partial charge in [-0.3, -0.25) is 4.79 Å². The summed E-state index contributed by atoms with van der Waals surface area (Å²) in [5, 5.41) is 0.681. The lowest BCUT2D eigenvalue weighted by Gasteiger charge is -2.30. The molecule has 2 N–H and O–H groups in total. The van der Waals surface area contributed by atoms with E-state index in [1.807, 2.05) is 61.2 Å². The van der Waals surface area contributed by atoms with Crippen LogP contribution < -0.4 is 5.73 Å². The van der Waals surface area contributed by atoms with E-state index in [9.17, 15) is 4.79 Å². The Morgan fingerprint density at radius 2 is 1.73 bits per heavy atom. The number of hydrogen-bond donors (Lipinski definition) is 1. The summed E-state index contributed by atoms with van der Waals surface area (Å²) in [5.74, 6) is 0.746. The number of benzene rings is 2. The van der Waals surface area contributed by atoms with Crippen LogP contribution in [0.15, 0.2) is 54.6 Å². The summed E-state index contributed by atoms with van der Waals surface area (Å²) in [6, 6.07) is 17.9. The van der Waals surface area contributed by atoms with Gasteiger partial charge in [-0.25, -0.2) is 0 Å². The molecule has 1 saturated heterocycles.